The van der Waals surface area contributed by atoms with Crippen molar-refractivity contribution in [3.05, 3.63) is 136 Å². The second kappa shape index (κ2) is 15.6. The molecule has 0 bridgehead atoms. The number of rotatable bonds is 11. The molecule has 3 heterocycles. The minimum absolute atomic E-state index is 0.0176. The van der Waals surface area contributed by atoms with Gasteiger partial charge in [-0.25, -0.2) is 4.39 Å². The smallest absolute Gasteiger partial charge is 0.253 e. The van der Waals surface area contributed by atoms with Gasteiger partial charge >= 0.3 is 0 Å². The van der Waals surface area contributed by atoms with Crippen LogP contribution in [-0.4, -0.2) is 71.0 Å². The molecule has 7 nitrogen and oxygen atoms in total. The molecule has 6 rings (SSSR count). The molecule has 2 aliphatic heterocycles. The highest BCUT2D eigenvalue weighted by Crippen LogP contribution is 2.38. The normalized spacial score (nSPS) is 18.1. The highest BCUT2D eigenvalue weighted by molar-refractivity contribution is 6.30. The number of pyridine rings is 1. The summed E-state index contributed by atoms with van der Waals surface area (Å²) in [6, 6.07) is 27.7. The summed E-state index contributed by atoms with van der Waals surface area (Å²) in [4.78, 5) is 34.8. The van der Waals surface area contributed by atoms with Crippen LogP contribution in [0.25, 0.3) is 0 Å². The van der Waals surface area contributed by atoms with Gasteiger partial charge < -0.3 is 20.2 Å². The average Bonchev–Trinajstić information content (AvgIpc) is 3.15. The summed E-state index contributed by atoms with van der Waals surface area (Å²) in [6.07, 6.45) is 7.27. The van der Waals surface area contributed by atoms with Gasteiger partial charge in [0.25, 0.3) is 5.91 Å². The third-order valence-electron chi connectivity index (χ3n) is 10.5. The van der Waals surface area contributed by atoms with Crippen LogP contribution in [0.3, 0.4) is 0 Å². The largest absolute Gasteiger partial charge is 0.385 e. The van der Waals surface area contributed by atoms with Crippen LogP contribution in [0.15, 0.2) is 103 Å². The number of amides is 2. The quantitative estimate of drug-likeness (QED) is 0.186. The minimum atomic E-state index is -0.865. The maximum atomic E-state index is 14.2. The fourth-order valence-electron chi connectivity index (χ4n) is 7.48. The van der Waals surface area contributed by atoms with E-state index in [1.54, 1.807) is 24.5 Å². The van der Waals surface area contributed by atoms with Gasteiger partial charge in [-0.05, 0) is 98.2 Å². The number of likely N-dealkylation sites (tertiary alicyclic amines) is 2. The van der Waals surface area contributed by atoms with Crippen LogP contribution in [0.2, 0.25) is 5.02 Å². The summed E-state index contributed by atoms with van der Waals surface area (Å²) < 4.78 is 14.2. The maximum Gasteiger partial charge on any atom is 0.253 e. The molecule has 0 radical (unpaired) electrons. The molecular formula is C40H44ClFN4O3. The van der Waals surface area contributed by atoms with Crippen LogP contribution in [0.1, 0.15) is 65.6 Å². The molecule has 1 atom stereocenters. The van der Waals surface area contributed by atoms with Crippen LogP contribution in [0, 0.1) is 11.7 Å². The molecule has 3 aromatic carbocycles. The first kappa shape index (κ1) is 34.7. The maximum absolute atomic E-state index is 14.2. The molecule has 49 heavy (non-hydrogen) atoms. The molecule has 0 aliphatic carbocycles. The minimum Gasteiger partial charge on any atom is -0.385 e. The zero-order valence-electron chi connectivity index (χ0n) is 27.7. The molecule has 1 aromatic heterocycles. The van der Waals surface area contributed by atoms with Gasteiger partial charge in [-0.3, -0.25) is 14.6 Å². The van der Waals surface area contributed by atoms with Crippen LogP contribution < -0.4 is 5.32 Å². The lowest BCUT2D eigenvalue weighted by Crippen LogP contribution is -2.47. The van der Waals surface area contributed by atoms with Gasteiger partial charge in [-0.15, -0.1) is 0 Å². The number of nitrogens with one attached hydrogen (secondary N) is 1. The molecule has 2 N–H and O–H groups in total. The number of piperidine rings is 2. The Kier molecular flexibility index (Phi) is 11.1. The number of hydrogen-bond donors (Lipinski definition) is 2. The van der Waals surface area contributed by atoms with E-state index in [9.17, 15) is 19.1 Å². The second-order valence-electron chi connectivity index (χ2n) is 13.5. The molecule has 4 aromatic rings. The van der Waals surface area contributed by atoms with Crippen molar-refractivity contribution in [1.82, 2.24) is 20.1 Å². The zero-order valence-corrected chi connectivity index (χ0v) is 28.5. The third-order valence-corrected chi connectivity index (χ3v) is 10.8. The fourth-order valence-corrected chi connectivity index (χ4v) is 7.60. The predicted molar refractivity (Wildman–Crippen MR) is 190 cm³/mol. The average molecular weight is 683 g/mol. The van der Waals surface area contributed by atoms with Gasteiger partial charge in [-0.2, -0.15) is 0 Å². The van der Waals surface area contributed by atoms with Gasteiger partial charge in [-0.1, -0.05) is 66.2 Å². The van der Waals surface area contributed by atoms with E-state index in [-0.39, 0.29) is 23.5 Å². The van der Waals surface area contributed by atoms with E-state index in [2.05, 4.69) is 27.3 Å². The molecular weight excluding hydrogens is 639 g/mol. The van der Waals surface area contributed by atoms with Crippen molar-refractivity contribution in [3.63, 3.8) is 0 Å². The lowest BCUT2D eigenvalue weighted by molar-refractivity contribution is -0.126. The van der Waals surface area contributed by atoms with Crippen molar-refractivity contribution < 1.29 is 19.1 Å². The van der Waals surface area contributed by atoms with Crippen LogP contribution in [0.5, 0.6) is 0 Å². The lowest BCUT2D eigenvalue weighted by atomic mass is 9.71. The number of aromatic nitrogens is 1. The van der Waals surface area contributed by atoms with E-state index in [1.165, 1.54) is 12.1 Å². The molecule has 0 spiro atoms. The number of benzene rings is 3. The molecule has 2 saturated heterocycles. The van der Waals surface area contributed by atoms with Crippen molar-refractivity contribution in [2.24, 2.45) is 5.92 Å². The van der Waals surface area contributed by atoms with Crippen molar-refractivity contribution in [2.45, 2.75) is 49.5 Å². The molecule has 2 amide bonds. The summed E-state index contributed by atoms with van der Waals surface area (Å²) in [5, 5.41) is 15.3. The van der Waals surface area contributed by atoms with Crippen molar-refractivity contribution in [2.75, 3.05) is 39.3 Å². The van der Waals surface area contributed by atoms with E-state index in [0.717, 1.165) is 49.2 Å². The first-order chi connectivity index (χ1) is 23.8. The van der Waals surface area contributed by atoms with Crippen LogP contribution in [-0.2, 0) is 15.8 Å². The standard InChI is InChI=1S/C40H44ClFN4O3/c41-35-11-7-34(8-12-35)40(49)20-27-45(28-21-40)24-4-19-39(32-5-2-1-3-6-32,33-9-13-36(42)14-10-33)29-44-37(47)30-17-25-46(26-18-30)38(48)31-15-22-43-23-16-31/h1-3,5-16,22-23,30,49H,4,17-21,24-29H2,(H,44,47). The monoisotopic (exact) mass is 682 g/mol. The summed E-state index contributed by atoms with van der Waals surface area (Å²) in [5.74, 6) is -0.555. The Balaban J connectivity index is 1.13. The Hall–Kier alpha value is -4.11. The Labute approximate surface area is 293 Å². The first-order valence-electron chi connectivity index (χ1n) is 17.3. The highest BCUT2D eigenvalue weighted by atomic mass is 35.5. The molecule has 0 saturated carbocycles. The first-order valence-corrected chi connectivity index (χ1v) is 17.6. The number of aliphatic hydroxyl groups is 1. The van der Waals surface area contributed by atoms with Gasteiger partial charge in [0.1, 0.15) is 5.82 Å². The highest BCUT2D eigenvalue weighted by Gasteiger charge is 2.37. The van der Waals surface area contributed by atoms with Crippen LogP contribution >= 0.6 is 11.6 Å². The predicted octanol–water partition coefficient (Wildman–Crippen LogP) is 6.59. The van der Waals surface area contributed by atoms with E-state index in [0.29, 0.717) is 55.9 Å². The Morgan fingerprint density at radius 2 is 1.51 bits per heavy atom. The van der Waals surface area contributed by atoms with E-state index >= 15 is 0 Å². The SMILES string of the molecule is O=C(NCC(CCCN1CCC(O)(c2ccc(Cl)cc2)CC1)(c1ccccc1)c1ccc(F)cc1)C1CCN(C(=O)c2ccncc2)CC1. The number of hydrogen-bond acceptors (Lipinski definition) is 5. The molecule has 256 valence electrons. The number of carbonyl (C=O) groups is 2. The third kappa shape index (κ3) is 8.20. The van der Waals surface area contributed by atoms with E-state index in [4.69, 9.17) is 11.6 Å². The Bertz CT molecular complexity index is 1670. The number of halogens is 2. The molecule has 9 heteroatoms. The van der Waals surface area contributed by atoms with Gasteiger partial charge in [0.15, 0.2) is 0 Å². The Morgan fingerprint density at radius 3 is 2.16 bits per heavy atom. The zero-order chi connectivity index (χ0) is 34.3. The summed E-state index contributed by atoms with van der Waals surface area (Å²) in [6.45, 7) is 3.78. The van der Waals surface area contributed by atoms with Gasteiger partial charge in [0.05, 0.1) is 5.60 Å². The topological polar surface area (TPSA) is 85.8 Å². The number of nitrogens with zero attached hydrogens (tertiary/aromatic N) is 3. The molecule has 2 aliphatic rings. The summed E-state index contributed by atoms with van der Waals surface area (Å²) >= 11 is 6.08. The second-order valence-corrected chi connectivity index (χ2v) is 13.9. The lowest BCUT2D eigenvalue weighted by Gasteiger charge is -2.40. The van der Waals surface area contributed by atoms with Crippen LogP contribution in [0.4, 0.5) is 4.39 Å². The summed E-state index contributed by atoms with van der Waals surface area (Å²) in [7, 11) is 0. The Morgan fingerprint density at radius 1 is 0.878 bits per heavy atom. The van der Waals surface area contributed by atoms with Crippen molar-refractivity contribution in [3.8, 4) is 0 Å². The van der Waals surface area contributed by atoms with Crippen molar-refractivity contribution in [1.29, 1.82) is 0 Å². The van der Waals surface area contributed by atoms with Gasteiger partial charge in [0.2, 0.25) is 5.91 Å². The van der Waals surface area contributed by atoms with Crippen molar-refractivity contribution >= 4 is 23.4 Å². The molecule has 2 fully saturated rings. The fraction of sp³-hybridized carbons (Fsp3) is 0.375. The summed E-state index contributed by atoms with van der Waals surface area (Å²) in [5.41, 5.74) is 2.08. The molecule has 1 unspecified atom stereocenters. The van der Waals surface area contributed by atoms with E-state index in [1.807, 2.05) is 59.5 Å². The number of carbonyl (C=O) groups excluding carboxylic acids is 2. The van der Waals surface area contributed by atoms with E-state index < -0.39 is 11.0 Å². The van der Waals surface area contributed by atoms with Gasteiger partial charge in [0, 0.05) is 67.0 Å².